The molecule has 0 fully saturated rings. The van der Waals surface area contributed by atoms with Crippen LogP contribution in [0, 0.1) is 6.92 Å². The highest BCUT2D eigenvalue weighted by Gasteiger charge is 2.31. The molecule has 0 aliphatic heterocycles. The summed E-state index contributed by atoms with van der Waals surface area (Å²) in [5.41, 5.74) is 5.91. The number of rotatable bonds is 4. The lowest BCUT2D eigenvalue weighted by Gasteiger charge is -2.20. The Labute approximate surface area is 135 Å². The predicted octanol–water partition coefficient (Wildman–Crippen LogP) is 2.02. The van der Waals surface area contributed by atoms with Crippen molar-refractivity contribution in [3.05, 3.63) is 11.8 Å². The molecule has 0 aromatic carbocycles. The summed E-state index contributed by atoms with van der Waals surface area (Å²) in [5.74, 6) is 0.496. The van der Waals surface area contributed by atoms with Crippen molar-refractivity contribution in [2.45, 2.75) is 16.9 Å². The molecule has 0 saturated carbocycles. The molecule has 106 valence electrons. The van der Waals surface area contributed by atoms with Crippen molar-refractivity contribution in [1.29, 1.82) is 0 Å². The van der Waals surface area contributed by atoms with Crippen LogP contribution < -0.4 is 16.2 Å². The first-order chi connectivity index (χ1) is 8.68. The molecule has 0 radical (unpaired) electrons. The van der Waals surface area contributed by atoms with Gasteiger partial charge in [-0.3, -0.25) is 10.9 Å². The fourth-order valence-electron chi connectivity index (χ4n) is 1.02. The highest BCUT2D eigenvalue weighted by molar-refractivity contribution is 8.11. The van der Waals surface area contributed by atoms with Crippen LogP contribution in [0.4, 0.5) is 11.8 Å². The second kappa shape index (κ2) is 6.96. The molecule has 0 aliphatic rings. The Balaban J connectivity index is 2.82. The van der Waals surface area contributed by atoms with E-state index in [4.69, 9.17) is 47.0 Å². The van der Waals surface area contributed by atoms with Crippen LogP contribution in [0.3, 0.4) is 0 Å². The number of halogens is 3. The summed E-state index contributed by atoms with van der Waals surface area (Å²) in [6.45, 7) is 1.73. The maximum Gasteiger partial charge on any atom is 0.234 e. The molecule has 1 heterocycles. The van der Waals surface area contributed by atoms with E-state index in [0.717, 1.165) is 0 Å². The van der Waals surface area contributed by atoms with Crippen LogP contribution in [-0.4, -0.2) is 29.4 Å². The van der Waals surface area contributed by atoms with Crippen molar-refractivity contribution in [2.75, 3.05) is 10.7 Å². The Morgan fingerprint density at radius 3 is 2.63 bits per heavy atom. The first-order valence-corrected chi connectivity index (χ1v) is 6.79. The second-order valence-electron chi connectivity index (χ2n) is 3.36. The number of hydrogen-bond donors (Lipinski definition) is 5. The first kappa shape index (κ1) is 16.8. The Morgan fingerprint density at radius 2 is 2.11 bits per heavy atom. The van der Waals surface area contributed by atoms with Crippen LogP contribution >= 0.6 is 59.6 Å². The number of aromatic nitrogens is 2. The number of aliphatic hydroxyl groups is 1. The van der Waals surface area contributed by atoms with Crippen molar-refractivity contribution in [2.24, 2.45) is 0 Å². The number of thiol groups is 1. The number of alkyl halides is 3. The van der Waals surface area contributed by atoms with Crippen LogP contribution in [-0.2, 0) is 0 Å². The van der Waals surface area contributed by atoms with Gasteiger partial charge < -0.3 is 10.4 Å². The summed E-state index contributed by atoms with van der Waals surface area (Å²) < 4.78 is -1.65. The maximum absolute atomic E-state index is 9.58. The number of nitrogens with one attached hydrogen (secondary N) is 3. The molecular formula is C8H10Cl3N5OS2. The number of anilines is 2. The Kier molecular flexibility index (Phi) is 6.15. The molecule has 0 spiro atoms. The molecule has 1 aromatic rings. The fourth-order valence-corrected chi connectivity index (χ4v) is 1.29. The largest absolute Gasteiger partial charge is 0.369 e. The third kappa shape index (κ3) is 6.15. The van der Waals surface area contributed by atoms with E-state index in [-0.39, 0.29) is 10.3 Å². The van der Waals surface area contributed by atoms with Gasteiger partial charge in [0.15, 0.2) is 6.23 Å². The van der Waals surface area contributed by atoms with Gasteiger partial charge in [0.1, 0.15) is 10.1 Å². The summed E-state index contributed by atoms with van der Waals surface area (Å²) >= 11 is 25.2. The minimum atomic E-state index is -1.90. The summed E-state index contributed by atoms with van der Waals surface area (Å²) in [4.78, 5) is 8.07. The predicted molar refractivity (Wildman–Crippen MR) is 85.0 cm³/mol. The van der Waals surface area contributed by atoms with E-state index in [1.165, 1.54) is 0 Å². The minimum absolute atomic E-state index is 0.0909. The van der Waals surface area contributed by atoms with Gasteiger partial charge >= 0.3 is 0 Å². The van der Waals surface area contributed by atoms with Gasteiger partial charge in [0.05, 0.1) is 0 Å². The normalized spacial score (nSPS) is 12.7. The molecule has 0 saturated heterocycles. The van der Waals surface area contributed by atoms with Crippen LogP contribution in [0.2, 0.25) is 0 Å². The van der Waals surface area contributed by atoms with Gasteiger partial charge in [-0.25, -0.2) is 4.98 Å². The van der Waals surface area contributed by atoms with Crippen LogP contribution in [0.5, 0.6) is 0 Å². The van der Waals surface area contributed by atoms with E-state index in [2.05, 4.69) is 38.8 Å². The molecule has 1 aromatic heterocycles. The minimum Gasteiger partial charge on any atom is -0.369 e. The smallest absolute Gasteiger partial charge is 0.234 e. The number of nitrogens with zero attached hydrogens (tertiary/aromatic N) is 2. The number of aryl methyl sites for hydroxylation is 1. The monoisotopic (exact) mass is 361 g/mol. The van der Waals surface area contributed by atoms with Crippen molar-refractivity contribution >= 4 is 75.7 Å². The van der Waals surface area contributed by atoms with Gasteiger partial charge in [0.2, 0.25) is 9.74 Å². The van der Waals surface area contributed by atoms with Crippen molar-refractivity contribution < 1.29 is 5.11 Å². The van der Waals surface area contributed by atoms with E-state index < -0.39 is 10.0 Å². The van der Waals surface area contributed by atoms with Crippen molar-refractivity contribution in [1.82, 2.24) is 15.4 Å². The molecule has 19 heavy (non-hydrogen) atoms. The van der Waals surface area contributed by atoms with Gasteiger partial charge in [-0.1, -0.05) is 47.0 Å². The molecule has 1 atom stereocenters. The zero-order chi connectivity index (χ0) is 14.6. The molecule has 11 heteroatoms. The van der Waals surface area contributed by atoms with Crippen LogP contribution in [0.25, 0.3) is 0 Å². The zero-order valence-corrected chi connectivity index (χ0v) is 13.5. The summed E-state index contributed by atoms with van der Waals surface area (Å²) in [6.07, 6.45) is -1.45. The third-order valence-electron chi connectivity index (χ3n) is 1.73. The van der Waals surface area contributed by atoms with Gasteiger partial charge in [-0.15, -0.1) is 12.6 Å². The molecule has 0 amide bonds. The van der Waals surface area contributed by atoms with Gasteiger partial charge in [0.25, 0.3) is 0 Å². The molecule has 4 N–H and O–H groups in total. The quantitative estimate of drug-likeness (QED) is 0.184. The third-order valence-corrected chi connectivity index (χ3v) is 2.56. The fraction of sp³-hybridized carbons (Fsp3) is 0.375. The van der Waals surface area contributed by atoms with Gasteiger partial charge in [-0.2, -0.15) is 4.98 Å². The van der Waals surface area contributed by atoms with E-state index >= 15 is 0 Å². The highest BCUT2D eigenvalue weighted by Crippen LogP contribution is 2.30. The Morgan fingerprint density at radius 1 is 1.47 bits per heavy atom. The number of hydrogen-bond acceptors (Lipinski definition) is 6. The van der Waals surface area contributed by atoms with Gasteiger partial charge in [0, 0.05) is 11.8 Å². The summed E-state index contributed by atoms with van der Waals surface area (Å²) in [6, 6.07) is 1.64. The number of aliphatic hydroxyl groups excluding tert-OH is 1. The second-order valence-corrected chi connectivity index (χ2v) is 6.89. The van der Waals surface area contributed by atoms with E-state index in [9.17, 15) is 5.11 Å². The van der Waals surface area contributed by atoms with Gasteiger partial charge in [-0.05, 0) is 6.92 Å². The number of hydrazine groups is 1. The Bertz CT molecular complexity index is 470. The Hall–Kier alpha value is -0.250. The van der Waals surface area contributed by atoms with Crippen molar-refractivity contribution in [3.63, 3.8) is 0 Å². The lowest BCUT2D eigenvalue weighted by Crippen LogP contribution is -2.34. The molecular weight excluding hydrogens is 353 g/mol. The molecule has 0 unspecified atom stereocenters. The molecule has 1 rings (SSSR count). The molecule has 0 bridgehead atoms. The van der Waals surface area contributed by atoms with Crippen LogP contribution in [0.15, 0.2) is 6.07 Å². The molecule has 6 nitrogen and oxygen atoms in total. The standard InChI is InChI=1S/C8H10Cl3N5OS2/c1-3-2-4(15-16-7(18)19)13-6(12-3)14-5(17)8(9,10)11/h2,5,17H,1H3,(H2,16,18,19)(H2,12,13,14,15)/t5-/m0/s1. The van der Waals surface area contributed by atoms with Crippen LogP contribution in [0.1, 0.15) is 5.69 Å². The topological polar surface area (TPSA) is 82.1 Å². The summed E-state index contributed by atoms with van der Waals surface area (Å²) in [7, 11) is 0. The first-order valence-electron chi connectivity index (χ1n) is 4.80. The SMILES string of the molecule is Cc1cc(NNC(=S)S)nc(N[C@@H](O)C(Cl)(Cl)Cl)n1. The number of thiocarbonyl (C=S) groups is 1. The molecule has 0 aliphatic carbocycles. The van der Waals surface area contributed by atoms with Crippen molar-refractivity contribution in [3.8, 4) is 0 Å². The highest BCUT2D eigenvalue weighted by atomic mass is 35.6. The van der Waals surface area contributed by atoms with E-state index in [1.807, 2.05) is 0 Å². The lowest BCUT2D eigenvalue weighted by atomic mass is 10.4. The lowest BCUT2D eigenvalue weighted by molar-refractivity contribution is 0.207. The average molecular weight is 363 g/mol. The summed E-state index contributed by atoms with van der Waals surface area (Å²) in [5, 5.41) is 12.1. The average Bonchev–Trinajstić information content (AvgIpc) is 2.24. The van der Waals surface area contributed by atoms with E-state index in [1.54, 1.807) is 13.0 Å². The zero-order valence-electron chi connectivity index (χ0n) is 9.49. The maximum atomic E-state index is 9.58. The van der Waals surface area contributed by atoms with E-state index in [0.29, 0.717) is 11.5 Å².